The monoisotopic (exact) mass is 237 g/mol. The molecule has 98 valence electrons. The number of nitrogens with zero attached hydrogens (tertiary/aromatic N) is 3. The molecule has 3 rings (SSSR count). The van der Waals surface area contributed by atoms with E-state index in [0.29, 0.717) is 0 Å². The Labute approximate surface area is 106 Å². The summed E-state index contributed by atoms with van der Waals surface area (Å²) < 4.78 is 0. The predicted octanol–water partition coefficient (Wildman–Crippen LogP) is 1.25. The first-order chi connectivity index (χ1) is 8.28. The maximum atomic E-state index is 2.81. The number of hydrogen-bond donors (Lipinski definition) is 0. The van der Waals surface area contributed by atoms with E-state index >= 15 is 0 Å². The molecule has 0 radical (unpaired) electrons. The fraction of sp³-hybridized carbons (Fsp3) is 1.00. The molecular weight excluding hydrogens is 210 g/mol. The third kappa shape index (κ3) is 2.25. The van der Waals surface area contributed by atoms with E-state index in [1.54, 1.807) is 0 Å². The first kappa shape index (κ1) is 11.9. The molecule has 0 N–H and O–H groups in total. The van der Waals surface area contributed by atoms with Crippen LogP contribution in [-0.2, 0) is 0 Å². The molecule has 0 aromatic heterocycles. The van der Waals surface area contributed by atoms with Crippen molar-refractivity contribution in [3.63, 3.8) is 0 Å². The third-order valence-corrected chi connectivity index (χ3v) is 5.40. The minimum absolute atomic E-state index is 0.859. The first-order valence-electron chi connectivity index (χ1n) is 7.46. The number of fused-ring (bicyclic) bond motifs is 2. The number of hydrogen-bond acceptors (Lipinski definition) is 3. The van der Waals surface area contributed by atoms with Crippen LogP contribution in [0.5, 0.6) is 0 Å². The quantitative estimate of drug-likeness (QED) is 0.716. The summed E-state index contributed by atoms with van der Waals surface area (Å²) in [5.74, 6) is 0. The van der Waals surface area contributed by atoms with Gasteiger partial charge in [0.15, 0.2) is 0 Å². The van der Waals surface area contributed by atoms with Crippen molar-refractivity contribution in [2.45, 2.75) is 50.7 Å². The Bertz CT molecular complexity index is 246. The third-order valence-electron chi connectivity index (χ3n) is 5.40. The highest BCUT2D eigenvalue weighted by molar-refractivity contribution is 4.96. The van der Waals surface area contributed by atoms with Crippen molar-refractivity contribution in [3.05, 3.63) is 0 Å². The molecular formula is C14H27N3. The summed E-state index contributed by atoms with van der Waals surface area (Å²) >= 11 is 0. The van der Waals surface area contributed by atoms with E-state index < -0.39 is 0 Å². The van der Waals surface area contributed by atoms with Gasteiger partial charge >= 0.3 is 0 Å². The van der Waals surface area contributed by atoms with Gasteiger partial charge in [0.05, 0.1) is 0 Å². The topological polar surface area (TPSA) is 9.72 Å². The zero-order chi connectivity index (χ0) is 11.8. The molecule has 3 fully saturated rings. The molecule has 3 nitrogen and oxygen atoms in total. The fourth-order valence-electron chi connectivity index (χ4n) is 4.05. The molecule has 3 heteroatoms. The van der Waals surface area contributed by atoms with Gasteiger partial charge in [-0.15, -0.1) is 0 Å². The number of rotatable bonds is 2. The minimum atomic E-state index is 0.859. The zero-order valence-corrected chi connectivity index (χ0v) is 11.4. The second kappa shape index (κ2) is 4.87. The summed E-state index contributed by atoms with van der Waals surface area (Å²) in [6.07, 6.45) is 5.67. The Morgan fingerprint density at radius 2 is 1.47 bits per heavy atom. The Kier molecular flexibility index (Phi) is 3.42. The summed E-state index contributed by atoms with van der Waals surface area (Å²) in [6.45, 7) is 8.84. The Morgan fingerprint density at radius 1 is 0.882 bits per heavy atom. The molecule has 0 aromatic rings. The largest absolute Gasteiger partial charge is 0.303 e. The van der Waals surface area contributed by atoms with Crippen LogP contribution in [0.3, 0.4) is 0 Å². The SMILES string of the molecule is CCN1CCC(N2CC3CCC(C2)N3C)CC1. The van der Waals surface area contributed by atoms with Crippen LogP contribution in [0.25, 0.3) is 0 Å². The van der Waals surface area contributed by atoms with Crippen LogP contribution in [0.1, 0.15) is 32.6 Å². The lowest BCUT2D eigenvalue weighted by molar-refractivity contribution is 0.0325. The lowest BCUT2D eigenvalue weighted by Gasteiger charge is -2.45. The summed E-state index contributed by atoms with van der Waals surface area (Å²) in [5, 5.41) is 0. The van der Waals surface area contributed by atoms with Gasteiger partial charge in [0.25, 0.3) is 0 Å². The van der Waals surface area contributed by atoms with Crippen LogP contribution in [0.2, 0.25) is 0 Å². The second-order valence-corrected chi connectivity index (χ2v) is 6.17. The first-order valence-corrected chi connectivity index (χ1v) is 7.46. The lowest BCUT2D eigenvalue weighted by atomic mass is 10.0. The van der Waals surface area contributed by atoms with Crippen molar-refractivity contribution >= 4 is 0 Å². The number of piperazine rings is 1. The Hall–Kier alpha value is -0.120. The van der Waals surface area contributed by atoms with E-state index in [9.17, 15) is 0 Å². The number of piperidine rings is 1. The molecule has 0 saturated carbocycles. The molecule has 2 bridgehead atoms. The van der Waals surface area contributed by atoms with Gasteiger partial charge in [-0.25, -0.2) is 0 Å². The van der Waals surface area contributed by atoms with Crippen LogP contribution in [0.15, 0.2) is 0 Å². The zero-order valence-electron chi connectivity index (χ0n) is 11.4. The Balaban J connectivity index is 1.56. The average Bonchev–Trinajstić information content (AvgIpc) is 2.61. The van der Waals surface area contributed by atoms with Gasteiger partial charge < -0.3 is 4.90 Å². The molecule has 3 aliphatic rings. The summed E-state index contributed by atoms with van der Waals surface area (Å²) in [4.78, 5) is 8.05. The van der Waals surface area contributed by atoms with Crippen LogP contribution in [0.4, 0.5) is 0 Å². The molecule has 3 heterocycles. The van der Waals surface area contributed by atoms with E-state index in [1.165, 1.54) is 58.4 Å². The van der Waals surface area contributed by atoms with Gasteiger partial charge in [0, 0.05) is 31.2 Å². The molecule has 2 atom stereocenters. The van der Waals surface area contributed by atoms with E-state index in [4.69, 9.17) is 0 Å². The summed E-state index contributed by atoms with van der Waals surface area (Å²) in [7, 11) is 2.33. The van der Waals surface area contributed by atoms with Crippen molar-refractivity contribution in [3.8, 4) is 0 Å². The minimum Gasteiger partial charge on any atom is -0.303 e. The van der Waals surface area contributed by atoms with Crippen molar-refractivity contribution in [1.82, 2.24) is 14.7 Å². The van der Waals surface area contributed by atoms with Gasteiger partial charge in [-0.2, -0.15) is 0 Å². The highest BCUT2D eigenvalue weighted by atomic mass is 15.3. The summed E-state index contributed by atoms with van der Waals surface area (Å²) in [5.41, 5.74) is 0. The van der Waals surface area contributed by atoms with E-state index in [-0.39, 0.29) is 0 Å². The maximum absolute atomic E-state index is 2.81. The molecule has 2 unspecified atom stereocenters. The average molecular weight is 237 g/mol. The fourth-order valence-corrected chi connectivity index (χ4v) is 4.05. The number of likely N-dealkylation sites (tertiary alicyclic amines) is 2. The van der Waals surface area contributed by atoms with Crippen molar-refractivity contribution in [2.75, 3.05) is 39.8 Å². The van der Waals surface area contributed by atoms with Crippen molar-refractivity contribution in [1.29, 1.82) is 0 Å². The molecule has 0 amide bonds. The highest BCUT2D eigenvalue weighted by Gasteiger charge is 2.39. The van der Waals surface area contributed by atoms with Crippen molar-refractivity contribution in [2.24, 2.45) is 0 Å². The molecule has 0 aliphatic carbocycles. The smallest absolute Gasteiger partial charge is 0.0224 e. The normalized spacial score (nSPS) is 37.8. The van der Waals surface area contributed by atoms with Crippen molar-refractivity contribution < 1.29 is 0 Å². The van der Waals surface area contributed by atoms with Gasteiger partial charge in [0.1, 0.15) is 0 Å². The predicted molar refractivity (Wildman–Crippen MR) is 71.3 cm³/mol. The maximum Gasteiger partial charge on any atom is 0.0224 e. The van der Waals surface area contributed by atoms with E-state index in [0.717, 1.165) is 18.1 Å². The van der Waals surface area contributed by atoms with Crippen LogP contribution in [-0.4, -0.2) is 72.6 Å². The standard InChI is InChI=1S/C14H27N3/c1-3-16-8-6-12(7-9-16)17-10-13-4-5-14(11-17)15(13)2/h12-14H,3-11H2,1-2H3. The van der Waals surface area contributed by atoms with Gasteiger partial charge in [-0.05, 0) is 52.4 Å². The van der Waals surface area contributed by atoms with Gasteiger partial charge in [-0.1, -0.05) is 6.92 Å². The van der Waals surface area contributed by atoms with E-state index in [1.807, 2.05) is 0 Å². The molecule has 3 saturated heterocycles. The summed E-state index contributed by atoms with van der Waals surface area (Å²) in [6, 6.07) is 2.60. The van der Waals surface area contributed by atoms with Gasteiger partial charge in [0.2, 0.25) is 0 Å². The molecule has 0 aromatic carbocycles. The highest BCUT2D eigenvalue weighted by Crippen LogP contribution is 2.31. The number of likely N-dealkylation sites (N-methyl/N-ethyl adjacent to an activating group) is 1. The van der Waals surface area contributed by atoms with Gasteiger partial charge in [-0.3, -0.25) is 9.80 Å². The van der Waals surface area contributed by atoms with E-state index in [2.05, 4.69) is 28.7 Å². The van der Waals surface area contributed by atoms with Crippen LogP contribution in [0, 0.1) is 0 Å². The lowest BCUT2D eigenvalue weighted by Crippen LogP contribution is -2.56. The van der Waals surface area contributed by atoms with Crippen LogP contribution < -0.4 is 0 Å². The van der Waals surface area contributed by atoms with Crippen LogP contribution >= 0.6 is 0 Å². The molecule has 0 spiro atoms. The second-order valence-electron chi connectivity index (χ2n) is 6.17. The Morgan fingerprint density at radius 3 is 2.00 bits per heavy atom. The molecule has 3 aliphatic heterocycles. The molecule has 17 heavy (non-hydrogen) atoms.